The summed E-state index contributed by atoms with van der Waals surface area (Å²) in [6, 6.07) is 0. The smallest absolute Gasteiger partial charge is 0.748 e. The minimum atomic E-state index is -4.01. The van der Waals surface area contributed by atoms with Crippen molar-refractivity contribution in [2.75, 3.05) is 6.61 Å². The van der Waals surface area contributed by atoms with Crippen molar-refractivity contribution in [2.24, 2.45) is 40.4 Å². The topological polar surface area (TPSA) is 86.7 Å². The normalized spacial score (nSPS) is 49.7. The number of Topliss-reactive ketones (excluding diaryl/α,β-unsaturated/α-hetero) is 1. The molecule has 0 aromatic rings. The van der Waals surface area contributed by atoms with Crippen LogP contribution in [0.3, 0.4) is 0 Å². The molecule has 0 heterocycles. The largest absolute Gasteiger partial charge is 1.00 e. The first-order valence-corrected chi connectivity index (χ1v) is 13.5. The van der Waals surface area contributed by atoms with Crippen LogP contribution < -0.4 is 29.6 Å². The molecule has 4 aliphatic carbocycles. The van der Waals surface area contributed by atoms with E-state index in [0.29, 0.717) is 29.1 Å². The van der Waals surface area contributed by atoms with E-state index in [-0.39, 0.29) is 46.7 Å². The number of ketones is 1. The van der Waals surface area contributed by atoms with Gasteiger partial charge in [-0.15, -0.1) is 0 Å². The van der Waals surface area contributed by atoms with E-state index in [4.69, 9.17) is 0 Å². The molecule has 5 nitrogen and oxygen atoms in total. The van der Waals surface area contributed by atoms with E-state index in [2.05, 4.69) is 29.2 Å². The number of hydrogen-bond acceptors (Lipinski definition) is 6. The van der Waals surface area contributed by atoms with Crippen LogP contribution in [0, 0.1) is 40.4 Å². The number of carbonyl (C=O) groups excluding carboxylic acids is 1. The summed E-state index contributed by atoms with van der Waals surface area (Å²) in [5.74, 6) is 2.21. The van der Waals surface area contributed by atoms with Crippen LogP contribution >= 0.6 is 0 Å². The molecule has 4 aliphatic rings. The van der Waals surface area contributed by atoms with E-state index in [1.165, 1.54) is 12.8 Å². The minimum Gasteiger partial charge on any atom is -0.748 e. The van der Waals surface area contributed by atoms with Crippen molar-refractivity contribution >= 4 is 26.0 Å². The molecule has 0 bridgehead atoms. The van der Waals surface area contributed by atoms with Crippen LogP contribution in [0.15, 0.2) is 0 Å². The van der Waals surface area contributed by atoms with Crippen molar-refractivity contribution in [3.05, 3.63) is 0 Å². The molecule has 0 saturated heterocycles. The Bertz CT molecular complexity index is 784. The minimum absolute atomic E-state index is 0. The van der Waals surface area contributed by atoms with E-state index in [1.807, 2.05) is 6.92 Å². The maximum atomic E-state index is 12.8. The van der Waals surface area contributed by atoms with E-state index in [1.54, 1.807) is 0 Å². The van der Waals surface area contributed by atoms with Gasteiger partial charge in [0.15, 0.2) is 5.78 Å². The van der Waals surface area contributed by atoms with Crippen molar-refractivity contribution in [2.45, 2.75) is 84.2 Å². The average molecular weight is 467 g/mol. The Balaban J connectivity index is 0.00000256. The van der Waals surface area contributed by atoms with Gasteiger partial charge in [0.05, 0.1) is 14.7 Å². The van der Waals surface area contributed by atoms with Crippen LogP contribution in [-0.2, 0) is 29.2 Å². The fourth-order valence-electron chi connectivity index (χ4n) is 8.19. The Morgan fingerprint density at radius 3 is 2.40 bits per heavy atom. The molecule has 9 atom stereocenters. The summed E-state index contributed by atoms with van der Waals surface area (Å²) >= 11 is 4.26. The predicted molar refractivity (Wildman–Crippen MR) is 113 cm³/mol. The van der Waals surface area contributed by atoms with Crippen molar-refractivity contribution in [3.8, 4) is 0 Å². The van der Waals surface area contributed by atoms with Crippen LogP contribution in [0.2, 0.25) is 0 Å². The van der Waals surface area contributed by atoms with Gasteiger partial charge in [0.1, 0.15) is 6.61 Å². The van der Waals surface area contributed by atoms with Crippen molar-refractivity contribution in [3.63, 3.8) is 0 Å². The molecule has 0 aliphatic heterocycles. The van der Waals surface area contributed by atoms with Crippen molar-refractivity contribution < 1.29 is 52.4 Å². The Kier molecular flexibility index (Phi) is 7.33. The molecule has 0 aromatic heterocycles. The molecular formula is C22H35NaO5S2. The molecule has 166 valence electrons. The Morgan fingerprint density at radius 2 is 1.73 bits per heavy atom. The molecule has 4 rings (SSSR count). The van der Waals surface area contributed by atoms with Crippen LogP contribution in [0.25, 0.3) is 0 Å². The Hall–Kier alpha value is 0.920. The second-order valence-electron chi connectivity index (χ2n) is 11.2. The van der Waals surface area contributed by atoms with Crippen LogP contribution in [-0.4, -0.2) is 31.9 Å². The fraction of sp³-hybridized carbons (Fsp3) is 0.955. The molecule has 4 fully saturated rings. The molecule has 0 spiro atoms. The number of rotatable bonds is 4. The van der Waals surface area contributed by atoms with Gasteiger partial charge in [-0.25, -0.2) is 4.21 Å². The van der Waals surface area contributed by atoms with E-state index >= 15 is 0 Å². The van der Waals surface area contributed by atoms with Gasteiger partial charge in [0, 0.05) is 5.92 Å². The number of aliphatic hydroxyl groups is 1. The summed E-state index contributed by atoms with van der Waals surface area (Å²) in [6.07, 6.45) is 9.32. The first-order valence-electron chi connectivity index (χ1n) is 11.2. The second-order valence-corrected chi connectivity index (χ2v) is 13.4. The van der Waals surface area contributed by atoms with Gasteiger partial charge in [-0.05, 0) is 110 Å². The summed E-state index contributed by atoms with van der Waals surface area (Å²) in [5.41, 5.74) is -0.277. The molecule has 1 N–H and O–H groups in total. The second kappa shape index (κ2) is 8.61. The van der Waals surface area contributed by atoms with E-state index in [9.17, 15) is 18.7 Å². The summed E-state index contributed by atoms with van der Waals surface area (Å²) in [6.45, 7) is 6.30. The van der Waals surface area contributed by atoms with Crippen molar-refractivity contribution in [1.82, 2.24) is 0 Å². The monoisotopic (exact) mass is 466 g/mol. The number of hydrogen-bond donors (Lipinski definition) is 1. The summed E-state index contributed by atoms with van der Waals surface area (Å²) in [4.78, 5) is 12.8. The molecule has 8 heteroatoms. The zero-order valence-electron chi connectivity index (χ0n) is 18.9. The van der Waals surface area contributed by atoms with Gasteiger partial charge >= 0.3 is 29.6 Å². The quantitative estimate of drug-likeness (QED) is 0.616. The molecule has 0 aromatic carbocycles. The van der Waals surface area contributed by atoms with Gasteiger partial charge in [-0.3, -0.25) is 8.98 Å². The number of carbonyl (C=O) groups is 1. The zero-order valence-corrected chi connectivity index (χ0v) is 22.5. The first kappa shape index (κ1) is 25.5. The molecule has 0 radical (unpaired) electrons. The third kappa shape index (κ3) is 4.48. The van der Waals surface area contributed by atoms with Gasteiger partial charge in [0.25, 0.3) is 0 Å². The molecule has 0 amide bonds. The molecular weight excluding hydrogens is 431 g/mol. The summed E-state index contributed by atoms with van der Waals surface area (Å²) in [7, 11) is -4.01. The first-order chi connectivity index (χ1) is 13.4. The Labute approximate surface area is 208 Å². The van der Waals surface area contributed by atoms with Gasteiger partial charge in [-0.2, -0.15) is 0 Å². The fourth-order valence-corrected chi connectivity index (χ4v) is 8.60. The summed E-state index contributed by atoms with van der Waals surface area (Å²) in [5, 5.41) is 10.6. The van der Waals surface area contributed by atoms with E-state index in [0.717, 1.165) is 44.9 Å². The van der Waals surface area contributed by atoms with Gasteiger partial charge < -0.3 is 9.66 Å². The number of fused-ring (bicyclic) bond motifs is 5. The van der Waals surface area contributed by atoms with Gasteiger partial charge in [0.2, 0.25) is 0 Å². The SMILES string of the molecule is C[C@@]1(O)CC[C@]2(C)C3CC[C@@]4(C)C(CC[C@@H]4C(=O)COS(=O)([O-])=S)C3CC[C@H]2C1.[Na+]. The maximum Gasteiger partial charge on any atom is 1.00 e. The zero-order chi connectivity index (χ0) is 21.2. The van der Waals surface area contributed by atoms with Crippen LogP contribution in [0.5, 0.6) is 0 Å². The van der Waals surface area contributed by atoms with E-state index < -0.39 is 21.3 Å². The maximum absolute atomic E-state index is 12.8. The Morgan fingerprint density at radius 1 is 1.07 bits per heavy atom. The standard InChI is InChI=1S/C22H36O5S2.Na/c1-20(24)10-11-21(2)14(12-20)4-5-15-16-6-7-18(19(23)13-27-29(25,26)28)22(16,3)9-8-17(15)21;/h14-18,24H,4-13H2,1-3H3,(H,25,26,28);/q;+1/p-1/t14-,15?,16?,17?,18+,20+,21-,22-;/m0./s1. The predicted octanol–water partition coefficient (Wildman–Crippen LogP) is 0.778. The van der Waals surface area contributed by atoms with Crippen LogP contribution in [0.4, 0.5) is 0 Å². The molecule has 4 saturated carbocycles. The third-order valence-corrected chi connectivity index (χ3v) is 10.4. The van der Waals surface area contributed by atoms with Crippen LogP contribution in [0.1, 0.15) is 78.6 Å². The van der Waals surface area contributed by atoms with Crippen molar-refractivity contribution in [1.29, 1.82) is 0 Å². The van der Waals surface area contributed by atoms with Gasteiger partial charge in [-0.1, -0.05) is 13.8 Å². The third-order valence-electron chi connectivity index (χ3n) is 9.69. The molecule has 30 heavy (non-hydrogen) atoms. The average Bonchev–Trinajstić information content (AvgIpc) is 2.97. The summed E-state index contributed by atoms with van der Waals surface area (Å²) < 4.78 is 26.9. The molecule has 4 unspecified atom stereocenters.